The Bertz CT molecular complexity index is 1300. The lowest BCUT2D eigenvalue weighted by atomic mass is 9.78. The van der Waals surface area contributed by atoms with Crippen LogP contribution in [0.2, 0.25) is 5.02 Å². The molecule has 0 saturated carbocycles. The van der Waals surface area contributed by atoms with Gasteiger partial charge in [0.25, 0.3) is 0 Å². The Labute approximate surface area is 194 Å². The molecule has 1 aromatic carbocycles. The summed E-state index contributed by atoms with van der Waals surface area (Å²) in [5.74, 6) is -0.0538. The second-order valence-electron chi connectivity index (χ2n) is 7.75. The van der Waals surface area contributed by atoms with Crippen LogP contribution in [0.1, 0.15) is 35.6 Å². The Morgan fingerprint density at radius 2 is 2.19 bits per heavy atom. The van der Waals surface area contributed by atoms with Crippen LogP contribution in [0.4, 0.5) is 5.69 Å². The largest absolute Gasteiger partial charge is 0.384 e. The molecule has 160 valence electrons. The van der Waals surface area contributed by atoms with Gasteiger partial charge in [0.05, 0.1) is 24.1 Å². The Morgan fingerprint density at radius 1 is 1.31 bits per heavy atom. The zero-order chi connectivity index (χ0) is 22.2. The third kappa shape index (κ3) is 3.49. The predicted molar refractivity (Wildman–Crippen MR) is 123 cm³/mol. The lowest BCUT2D eigenvalue weighted by Gasteiger charge is -2.39. The normalized spacial score (nSPS) is 18.7. The van der Waals surface area contributed by atoms with Crippen molar-refractivity contribution in [3.05, 3.63) is 86.5 Å². The summed E-state index contributed by atoms with van der Waals surface area (Å²) in [5, 5.41) is 16.9. The molecule has 0 fully saturated rings. The summed E-state index contributed by atoms with van der Waals surface area (Å²) in [6.45, 7) is 0.568. The van der Waals surface area contributed by atoms with Gasteiger partial charge in [-0.05, 0) is 48.1 Å². The maximum atomic E-state index is 13.2. The molecular weight excluding hydrogens is 444 g/mol. The molecule has 32 heavy (non-hydrogen) atoms. The van der Waals surface area contributed by atoms with Gasteiger partial charge in [-0.25, -0.2) is 9.67 Å². The number of nitriles is 1. The van der Waals surface area contributed by atoms with E-state index >= 15 is 0 Å². The van der Waals surface area contributed by atoms with Gasteiger partial charge in [0, 0.05) is 33.3 Å². The molecule has 1 atom stereocenters. The number of thiophene rings is 1. The van der Waals surface area contributed by atoms with Crippen molar-refractivity contribution in [3.8, 4) is 6.07 Å². The van der Waals surface area contributed by atoms with Crippen molar-refractivity contribution in [1.82, 2.24) is 14.8 Å². The maximum Gasteiger partial charge on any atom is 0.161 e. The van der Waals surface area contributed by atoms with Crippen LogP contribution in [-0.2, 0) is 11.3 Å². The fourth-order valence-electron chi connectivity index (χ4n) is 4.41. The highest BCUT2D eigenvalue weighted by atomic mass is 35.5. The topological polar surface area (TPSA) is 101 Å². The number of benzene rings is 1. The van der Waals surface area contributed by atoms with Crippen LogP contribution in [0.3, 0.4) is 0 Å². The summed E-state index contributed by atoms with van der Waals surface area (Å²) >= 11 is 7.76. The third-order valence-electron chi connectivity index (χ3n) is 5.75. The molecule has 0 unspecified atom stereocenters. The average molecular weight is 463 g/mol. The van der Waals surface area contributed by atoms with Crippen LogP contribution in [0, 0.1) is 11.3 Å². The minimum absolute atomic E-state index is 0.0646. The highest BCUT2D eigenvalue weighted by Gasteiger charge is 2.40. The van der Waals surface area contributed by atoms with Crippen LogP contribution < -0.4 is 10.6 Å². The van der Waals surface area contributed by atoms with E-state index in [9.17, 15) is 10.1 Å². The minimum Gasteiger partial charge on any atom is -0.384 e. The molecule has 0 spiro atoms. The number of allylic oxidation sites excluding steroid dienone is 3. The number of hydrogen-bond donors (Lipinski definition) is 1. The molecule has 1 aliphatic heterocycles. The van der Waals surface area contributed by atoms with E-state index in [1.54, 1.807) is 23.1 Å². The number of rotatable bonds is 4. The van der Waals surface area contributed by atoms with E-state index in [1.807, 2.05) is 28.5 Å². The van der Waals surface area contributed by atoms with Crippen molar-refractivity contribution in [2.75, 3.05) is 4.90 Å². The Kier molecular flexibility index (Phi) is 5.29. The van der Waals surface area contributed by atoms with Gasteiger partial charge in [-0.1, -0.05) is 17.7 Å². The second kappa shape index (κ2) is 8.26. The van der Waals surface area contributed by atoms with Crippen LogP contribution >= 0.6 is 22.9 Å². The number of ketones is 1. The fraction of sp³-hybridized carbons (Fsp3) is 0.217. The van der Waals surface area contributed by atoms with Gasteiger partial charge in [-0.2, -0.15) is 10.4 Å². The van der Waals surface area contributed by atoms with Crippen molar-refractivity contribution in [3.63, 3.8) is 0 Å². The SMILES string of the molecule is N#CC1=C(N)N(c2cccc(Cl)c2)C2=C(C(=O)CCC2)[C@@H]1c1cc(Cn2cncn2)cs1. The number of Topliss-reactive ketones (excluding diaryl/α,β-unsaturated/α-hetero) is 1. The number of nitrogens with two attached hydrogens (primary N) is 1. The number of nitrogens with zero attached hydrogens (tertiary/aromatic N) is 5. The van der Waals surface area contributed by atoms with Gasteiger partial charge in [0.1, 0.15) is 18.5 Å². The van der Waals surface area contributed by atoms with E-state index in [-0.39, 0.29) is 5.78 Å². The summed E-state index contributed by atoms with van der Waals surface area (Å²) in [6, 6.07) is 11.6. The molecule has 2 aliphatic rings. The van der Waals surface area contributed by atoms with Crippen molar-refractivity contribution < 1.29 is 4.79 Å². The average Bonchev–Trinajstić information content (AvgIpc) is 3.46. The first kappa shape index (κ1) is 20.5. The first-order valence-electron chi connectivity index (χ1n) is 10.2. The first-order valence-corrected chi connectivity index (χ1v) is 11.4. The van der Waals surface area contributed by atoms with Gasteiger partial charge in [-0.15, -0.1) is 11.3 Å². The maximum absolute atomic E-state index is 13.2. The fourth-order valence-corrected chi connectivity index (χ4v) is 5.62. The van der Waals surface area contributed by atoms with Gasteiger partial charge in [0.15, 0.2) is 5.78 Å². The van der Waals surface area contributed by atoms with Crippen molar-refractivity contribution in [2.45, 2.75) is 31.7 Å². The lowest BCUT2D eigenvalue weighted by Crippen LogP contribution is -2.38. The van der Waals surface area contributed by atoms with E-state index < -0.39 is 5.92 Å². The van der Waals surface area contributed by atoms with Gasteiger partial charge in [-0.3, -0.25) is 9.69 Å². The molecule has 5 rings (SSSR count). The molecule has 9 heteroatoms. The molecule has 7 nitrogen and oxygen atoms in total. The summed E-state index contributed by atoms with van der Waals surface area (Å²) < 4.78 is 1.74. The Morgan fingerprint density at radius 3 is 2.94 bits per heavy atom. The zero-order valence-corrected chi connectivity index (χ0v) is 18.6. The highest BCUT2D eigenvalue weighted by Crippen LogP contribution is 2.47. The van der Waals surface area contributed by atoms with Crippen LogP contribution in [0.15, 0.2) is 71.0 Å². The number of carbonyl (C=O) groups excluding carboxylic acids is 1. The van der Waals surface area contributed by atoms with E-state index in [4.69, 9.17) is 17.3 Å². The molecule has 2 aromatic heterocycles. The molecule has 0 bridgehead atoms. The molecule has 3 heterocycles. The van der Waals surface area contributed by atoms with E-state index in [0.29, 0.717) is 41.4 Å². The van der Waals surface area contributed by atoms with Crippen molar-refractivity contribution >= 4 is 34.4 Å². The molecule has 3 aromatic rings. The zero-order valence-electron chi connectivity index (χ0n) is 17.0. The van der Waals surface area contributed by atoms with E-state index in [2.05, 4.69) is 16.2 Å². The molecule has 0 radical (unpaired) electrons. The quantitative estimate of drug-likeness (QED) is 0.618. The number of halogens is 1. The number of aromatic nitrogens is 3. The first-order chi connectivity index (χ1) is 15.6. The Balaban J connectivity index is 1.63. The summed E-state index contributed by atoms with van der Waals surface area (Å²) in [7, 11) is 0. The van der Waals surface area contributed by atoms with Crippen LogP contribution in [0.5, 0.6) is 0 Å². The summed E-state index contributed by atoms with van der Waals surface area (Å²) in [4.78, 5) is 19.9. The number of carbonyl (C=O) groups is 1. The van der Waals surface area contributed by atoms with Gasteiger partial charge in [0.2, 0.25) is 0 Å². The number of anilines is 1. The monoisotopic (exact) mass is 462 g/mol. The lowest BCUT2D eigenvalue weighted by molar-refractivity contribution is -0.116. The standard InChI is InChI=1S/C23H19ClN6OS/c24-15-3-1-4-16(8-15)30-18-5-2-6-19(31)22(18)21(17(9-25)23(30)26)20-7-14(11-32-20)10-29-13-27-12-28-29/h1,3-4,7-8,11-13,21H,2,5-6,10,26H2/t21-/m0/s1. The molecule has 0 saturated heterocycles. The van der Waals surface area contributed by atoms with Gasteiger partial charge >= 0.3 is 0 Å². The number of hydrogen-bond acceptors (Lipinski definition) is 7. The molecule has 2 N–H and O–H groups in total. The molecular formula is C23H19ClN6OS. The molecule has 0 amide bonds. The highest BCUT2D eigenvalue weighted by molar-refractivity contribution is 7.10. The predicted octanol–water partition coefficient (Wildman–Crippen LogP) is 4.35. The van der Waals surface area contributed by atoms with Crippen LogP contribution in [-0.4, -0.2) is 20.5 Å². The third-order valence-corrected chi connectivity index (χ3v) is 7.03. The van der Waals surface area contributed by atoms with E-state index in [0.717, 1.165) is 28.2 Å². The van der Waals surface area contributed by atoms with E-state index in [1.165, 1.54) is 17.7 Å². The molecule has 1 aliphatic carbocycles. The van der Waals surface area contributed by atoms with Gasteiger partial charge < -0.3 is 5.73 Å². The second-order valence-corrected chi connectivity index (χ2v) is 9.13. The van der Waals surface area contributed by atoms with Crippen LogP contribution in [0.25, 0.3) is 0 Å². The van der Waals surface area contributed by atoms with Crippen molar-refractivity contribution in [2.24, 2.45) is 5.73 Å². The smallest absolute Gasteiger partial charge is 0.161 e. The summed E-state index contributed by atoms with van der Waals surface area (Å²) in [5.41, 5.74) is 10.3. The Hall–Kier alpha value is -3.41. The van der Waals surface area contributed by atoms with Crippen molar-refractivity contribution in [1.29, 1.82) is 5.26 Å². The minimum atomic E-state index is -0.465. The summed E-state index contributed by atoms with van der Waals surface area (Å²) in [6.07, 6.45) is 5.08.